The minimum absolute atomic E-state index is 0.389. The lowest BCUT2D eigenvalue weighted by Gasteiger charge is -1.99. The molecule has 0 heterocycles. The van der Waals surface area contributed by atoms with Crippen molar-refractivity contribution in [2.45, 2.75) is 0 Å². The normalized spacial score (nSPS) is 10.7. The van der Waals surface area contributed by atoms with Crippen LogP contribution >= 0.6 is 15.9 Å². The summed E-state index contributed by atoms with van der Waals surface area (Å²) in [6, 6.07) is 0. The lowest BCUT2D eigenvalue weighted by Crippen LogP contribution is -1.87. The van der Waals surface area contributed by atoms with Crippen LogP contribution < -0.4 is 4.89 Å². The molecule has 0 aromatic rings. The molecule has 0 bridgehead atoms. The van der Waals surface area contributed by atoms with Gasteiger partial charge in [-0.2, -0.15) is 0 Å². The van der Waals surface area contributed by atoms with Crippen LogP contribution in [0.5, 0.6) is 0 Å². The zero-order valence-electron chi connectivity index (χ0n) is 6.20. The van der Waals surface area contributed by atoms with Crippen LogP contribution in [0.4, 0.5) is 0 Å². The molecule has 0 spiro atoms. The minimum atomic E-state index is -2.87. The van der Waals surface area contributed by atoms with E-state index in [0.29, 0.717) is 0 Å². The van der Waals surface area contributed by atoms with E-state index in [-0.39, 0.29) is 7.26 Å². The average molecular weight is 172 g/mol. The first kappa shape index (κ1) is 12.4. The molecular formula is C4H14O3P2. The Morgan fingerprint density at radius 2 is 1.11 bits per heavy atom. The van der Waals surface area contributed by atoms with Crippen LogP contribution in [0.25, 0.3) is 0 Å². The van der Waals surface area contributed by atoms with Crippen LogP contribution in [0.3, 0.4) is 0 Å². The summed E-state index contributed by atoms with van der Waals surface area (Å²) in [5.41, 5.74) is 0. The molecule has 0 aliphatic rings. The standard InChI is InChI=1S/C4H12P.H2O3P/c1-5(2,3)4;1-4(2)3/h1-4H3;1-2H/q+1;-1. The molecule has 2 N–H and O–H groups in total. The van der Waals surface area contributed by atoms with Gasteiger partial charge in [-0.3, -0.25) is 0 Å². The molecule has 0 aliphatic heterocycles. The summed E-state index contributed by atoms with van der Waals surface area (Å²) in [5.74, 6) is 0. The Hall–Kier alpha value is 0.740. The lowest BCUT2D eigenvalue weighted by atomic mass is 11.8. The fraction of sp³-hybridized carbons (Fsp3) is 1.00. The van der Waals surface area contributed by atoms with Gasteiger partial charge in [0.25, 0.3) is 0 Å². The lowest BCUT2D eigenvalue weighted by molar-refractivity contribution is -0.193. The van der Waals surface area contributed by atoms with Gasteiger partial charge in [-0.25, -0.2) is 0 Å². The van der Waals surface area contributed by atoms with E-state index in [1.165, 1.54) is 0 Å². The molecule has 0 aromatic carbocycles. The van der Waals surface area contributed by atoms with Crippen molar-refractivity contribution in [3.8, 4) is 0 Å². The fourth-order valence-electron chi connectivity index (χ4n) is 0. The maximum absolute atomic E-state index is 8.70. The van der Waals surface area contributed by atoms with E-state index in [9.17, 15) is 0 Å². The van der Waals surface area contributed by atoms with Crippen LogP contribution in [0.15, 0.2) is 0 Å². The van der Waals surface area contributed by atoms with Crippen LogP contribution in [0.2, 0.25) is 0 Å². The Kier molecular flexibility index (Phi) is 7.62. The highest BCUT2D eigenvalue weighted by atomic mass is 31.2. The highest BCUT2D eigenvalue weighted by molar-refractivity contribution is 7.73. The topological polar surface area (TPSA) is 63.5 Å². The van der Waals surface area contributed by atoms with Gasteiger partial charge in [0.15, 0.2) is 0 Å². The van der Waals surface area contributed by atoms with Gasteiger partial charge in [0.1, 0.15) is 0 Å². The third kappa shape index (κ3) is 725. The van der Waals surface area contributed by atoms with E-state index in [1.54, 1.807) is 0 Å². The van der Waals surface area contributed by atoms with Crippen LogP contribution in [-0.2, 0) is 0 Å². The Labute approximate surface area is 58.1 Å². The first-order valence-electron chi connectivity index (χ1n) is 2.37. The second-order valence-electron chi connectivity index (χ2n) is 2.94. The molecule has 0 aliphatic carbocycles. The molecule has 0 rings (SSSR count). The van der Waals surface area contributed by atoms with Gasteiger partial charge in [0, 0.05) is 33.9 Å². The highest BCUT2D eigenvalue weighted by Crippen LogP contribution is 2.40. The van der Waals surface area contributed by atoms with Crippen molar-refractivity contribution in [2.24, 2.45) is 0 Å². The van der Waals surface area contributed by atoms with Crippen LogP contribution in [0.1, 0.15) is 0 Å². The van der Waals surface area contributed by atoms with E-state index in [4.69, 9.17) is 14.7 Å². The summed E-state index contributed by atoms with van der Waals surface area (Å²) >= 11 is 0. The van der Waals surface area contributed by atoms with Crippen LogP contribution in [0, 0.1) is 0 Å². The Morgan fingerprint density at radius 1 is 1.11 bits per heavy atom. The molecule has 3 nitrogen and oxygen atoms in total. The van der Waals surface area contributed by atoms with E-state index < -0.39 is 8.60 Å². The van der Waals surface area contributed by atoms with Crippen LogP contribution in [-0.4, -0.2) is 36.4 Å². The van der Waals surface area contributed by atoms with Crippen molar-refractivity contribution in [2.75, 3.05) is 26.7 Å². The minimum Gasteiger partial charge on any atom is -0.786 e. The number of hydrogen-bond acceptors (Lipinski definition) is 3. The molecule has 0 unspecified atom stereocenters. The number of hydrogen-bond donors (Lipinski definition) is 2. The zero-order valence-corrected chi connectivity index (χ0v) is 7.99. The molecule has 0 saturated carbocycles. The Bertz CT molecular complexity index is 50.6. The Morgan fingerprint density at radius 3 is 1.11 bits per heavy atom. The summed E-state index contributed by atoms with van der Waals surface area (Å²) in [4.78, 5) is 22.9. The number of rotatable bonds is 0. The summed E-state index contributed by atoms with van der Waals surface area (Å²) in [6.07, 6.45) is 0. The summed E-state index contributed by atoms with van der Waals surface area (Å²) in [6.45, 7) is 9.19. The van der Waals surface area contributed by atoms with Gasteiger partial charge in [-0.1, -0.05) is 0 Å². The summed E-state index contributed by atoms with van der Waals surface area (Å²) in [7, 11) is -3.26. The molecule has 0 radical (unpaired) electrons. The fourth-order valence-corrected chi connectivity index (χ4v) is 0. The van der Waals surface area contributed by atoms with Crippen molar-refractivity contribution in [3.63, 3.8) is 0 Å². The molecule has 58 valence electrons. The Balaban J connectivity index is 0. The third-order valence-electron chi connectivity index (χ3n) is 0. The molecule has 0 fully saturated rings. The molecule has 0 aromatic heterocycles. The van der Waals surface area contributed by atoms with Crippen molar-refractivity contribution in [1.29, 1.82) is 0 Å². The molecule has 0 amide bonds. The summed E-state index contributed by atoms with van der Waals surface area (Å²) < 4.78 is 0. The predicted molar refractivity (Wildman–Crippen MR) is 42.0 cm³/mol. The molecule has 5 heteroatoms. The van der Waals surface area contributed by atoms with E-state index in [2.05, 4.69) is 26.7 Å². The van der Waals surface area contributed by atoms with Gasteiger partial charge in [-0.05, 0) is 0 Å². The highest BCUT2D eigenvalue weighted by Gasteiger charge is 2.03. The largest absolute Gasteiger partial charge is 0.786 e. The van der Waals surface area contributed by atoms with Crippen molar-refractivity contribution in [3.05, 3.63) is 0 Å². The first-order chi connectivity index (χ1) is 3.73. The monoisotopic (exact) mass is 172 g/mol. The molecule has 0 saturated heterocycles. The van der Waals surface area contributed by atoms with E-state index in [0.717, 1.165) is 0 Å². The summed E-state index contributed by atoms with van der Waals surface area (Å²) in [5, 5.41) is 0. The first-order valence-corrected chi connectivity index (χ1v) is 7.11. The van der Waals surface area contributed by atoms with Gasteiger partial charge in [0.2, 0.25) is 0 Å². The van der Waals surface area contributed by atoms with E-state index >= 15 is 0 Å². The van der Waals surface area contributed by atoms with Crippen molar-refractivity contribution < 1.29 is 14.7 Å². The zero-order chi connectivity index (χ0) is 8.08. The average Bonchev–Trinajstić information content (AvgIpc) is 1.19. The maximum atomic E-state index is 8.70. The maximum Gasteiger partial charge on any atom is 0.0755 e. The van der Waals surface area contributed by atoms with Gasteiger partial charge in [-0.15, -0.1) is 0 Å². The second-order valence-corrected chi connectivity index (χ2v) is 8.81. The second kappa shape index (κ2) is 5.52. The van der Waals surface area contributed by atoms with E-state index in [1.807, 2.05) is 0 Å². The SMILES string of the molecule is C[P+](C)(C)C.[O-]P(O)O. The van der Waals surface area contributed by atoms with Gasteiger partial charge < -0.3 is 14.7 Å². The van der Waals surface area contributed by atoms with Crippen molar-refractivity contribution in [1.82, 2.24) is 0 Å². The predicted octanol–water partition coefficient (Wildman–Crippen LogP) is 0.0814. The quantitative estimate of drug-likeness (QED) is 0.508. The smallest absolute Gasteiger partial charge is 0.0755 e. The van der Waals surface area contributed by atoms with Crippen molar-refractivity contribution >= 4 is 15.9 Å². The third-order valence-corrected chi connectivity index (χ3v) is 0. The molecular weight excluding hydrogens is 158 g/mol. The molecule has 9 heavy (non-hydrogen) atoms. The molecule has 0 atom stereocenters. The van der Waals surface area contributed by atoms with Gasteiger partial charge in [0.05, 0.1) is 8.60 Å². The van der Waals surface area contributed by atoms with Gasteiger partial charge >= 0.3 is 0 Å².